The third-order valence-corrected chi connectivity index (χ3v) is 5.59. The summed E-state index contributed by atoms with van der Waals surface area (Å²) in [6, 6.07) is 0. The van der Waals surface area contributed by atoms with Crippen molar-refractivity contribution >= 4 is 17.3 Å². The van der Waals surface area contributed by atoms with Crippen molar-refractivity contribution in [1.29, 1.82) is 0 Å². The van der Waals surface area contributed by atoms with Gasteiger partial charge in [-0.25, -0.2) is 4.98 Å². The summed E-state index contributed by atoms with van der Waals surface area (Å²) in [5.41, 5.74) is 1.05. The zero-order valence-corrected chi connectivity index (χ0v) is 17.3. The minimum atomic E-state index is 0.0444. The summed E-state index contributed by atoms with van der Waals surface area (Å²) in [6.45, 7) is 8.71. The molecule has 0 saturated carbocycles. The number of guanidine groups is 1. The van der Waals surface area contributed by atoms with Crippen LogP contribution in [0.3, 0.4) is 0 Å². The average molecular weight is 384 g/mol. The Kier molecular flexibility index (Phi) is 9.31. The molecule has 1 aliphatic rings. The molecule has 148 valence electrons. The van der Waals surface area contributed by atoms with Crippen LogP contribution in [-0.4, -0.2) is 81.3 Å². The summed E-state index contributed by atoms with van der Waals surface area (Å²) in [6.07, 6.45) is 2.37. The molecular weight excluding hydrogens is 350 g/mol. The normalized spacial score (nSPS) is 17.3. The van der Waals surface area contributed by atoms with Crippen LogP contribution in [0, 0.1) is 0 Å². The van der Waals surface area contributed by atoms with Crippen LogP contribution in [0.15, 0.2) is 10.4 Å². The Balaban J connectivity index is 1.67. The van der Waals surface area contributed by atoms with Gasteiger partial charge in [0, 0.05) is 46.2 Å². The van der Waals surface area contributed by atoms with Crippen molar-refractivity contribution in [3.8, 4) is 0 Å². The zero-order chi connectivity index (χ0) is 18.8. The molecule has 26 heavy (non-hydrogen) atoms. The number of methoxy groups -OCH3 is 1. The van der Waals surface area contributed by atoms with Crippen molar-refractivity contribution < 1.29 is 9.47 Å². The Bertz CT molecular complexity index is 545. The number of unbranched alkanes of at least 4 members (excludes halogenated alkanes) is 1. The van der Waals surface area contributed by atoms with Crippen LogP contribution in [-0.2, 0) is 16.0 Å². The lowest BCUT2D eigenvalue weighted by molar-refractivity contribution is 0.0372. The number of ether oxygens (including phenoxy) is 2. The number of thiazole rings is 1. The molecule has 0 amide bonds. The first kappa shape index (κ1) is 21.1. The van der Waals surface area contributed by atoms with Gasteiger partial charge in [-0.05, 0) is 26.3 Å². The fraction of sp³-hybridized carbons (Fsp3) is 0.778. The molecule has 0 aromatic carbocycles. The van der Waals surface area contributed by atoms with Crippen molar-refractivity contribution in [3.05, 3.63) is 16.1 Å². The van der Waals surface area contributed by atoms with Gasteiger partial charge >= 0.3 is 0 Å². The highest BCUT2D eigenvalue weighted by molar-refractivity contribution is 7.09. The Morgan fingerprint density at radius 3 is 2.92 bits per heavy atom. The molecule has 2 rings (SSSR count). The van der Waals surface area contributed by atoms with E-state index in [9.17, 15) is 0 Å². The van der Waals surface area contributed by atoms with E-state index < -0.39 is 0 Å². The van der Waals surface area contributed by atoms with E-state index in [2.05, 4.69) is 30.5 Å². The van der Waals surface area contributed by atoms with Gasteiger partial charge in [0.05, 0.1) is 25.5 Å². The van der Waals surface area contributed by atoms with Gasteiger partial charge < -0.3 is 19.7 Å². The van der Waals surface area contributed by atoms with Gasteiger partial charge in [0.25, 0.3) is 0 Å². The SMILES string of the molecule is CN=C(NCCCCN1CCOCC1)N(C)Cc1csc(C(C)OC)n1. The van der Waals surface area contributed by atoms with E-state index >= 15 is 0 Å². The number of nitrogens with zero attached hydrogens (tertiary/aromatic N) is 4. The first-order chi connectivity index (χ1) is 12.6. The van der Waals surface area contributed by atoms with Gasteiger partial charge in [-0.2, -0.15) is 0 Å². The molecule has 1 saturated heterocycles. The summed E-state index contributed by atoms with van der Waals surface area (Å²) in [5, 5.41) is 6.56. The van der Waals surface area contributed by atoms with Crippen molar-refractivity contribution in [3.63, 3.8) is 0 Å². The minimum Gasteiger partial charge on any atom is -0.379 e. The highest BCUT2D eigenvalue weighted by Gasteiger charge is 2.13. The molecule has 1 atom stereocenters. The summed E-state index contributed by atoms with van der Waals surface area (Å²) in [4.78, 5) is 13.6. The Morgan fingerprint density at radius 2 is 2.23 bits per heavy atom. The minimum absolute atomic E-state index is 0.0444. The fourth-order valence-corrected chi connectivity index (χ4v) is 3.71. The molecule has 1 fully saturated rings. The number of hydrogen-bond acceptors (Lipinski definition) is 6. The lowest BCUT2D eigenvalue weighted by atomic mass is 10.2. The van der Waals surface area contributed by atoms with Crippen LogP contribution in [0.25, 0.3) is 0 Å². The molecule has 2 heterocycles. The van der Waals surface area contributed by atoms with Crippen molar-refractivity contribution in [2.75, 3.05) is 60.6 Å². The summed E-state index contributed by atoms with van der Waals surface area (Å²) < 4.78 is 10.7. The van der Waals surface area contributed by atoms with Crippen LogP contribution < -0.4 is 5.32 Å². The first-order valence-corrected chi connectivity index (χ1v) is 10.2. The summed E-state index contributed by atoms with van der Waals surface area (Å²) in [5.74, 6) is 0.908. The van der Waals surface area contributed by atoms with Gasteiger partial charge in [-0.3, -0.25) is 9.89 Å². The maximum atomic E-state index is 5.38. The van der Waals surface area contributed by atoms with E-state index in [1.807, 2.05) is 21.0 Å². The van der Waals surface area contributed by atoms with E-state index in [-0.39, 0.29) is 6.10 Å². The monoisotopic (exact) mass is 383 g/mol. The maximum absolute atomic E-state index is 5.38. The molecule has 1 N–H and O–H groups in total. The lowest BCUT2D eigenvalue weighted by Crippen LogP contribution is -2.39. The fourth-order valence-electron chi connectivity index (χ4n) is 2.87. The van der Waals surface area contributed by atoms with Gasteiger partial charge in [-0.1, -0.05) is 0 Å². The first-order valence-electron chi connectivity index (χ1n) is 9.33. The standard InChI is InChI=1S/C18H33N5O2S/c1-15(24-4)17-21-16(14-26-17)13-22(3)18(19-2)20-7-5-6-8-23-9-11-25-12-10-23/h14-15H,5-13H2,1-4H3,(H,19,20). The quantitative estimate of drug-likeness (QED) is 0.400. The molecule has 8 heteroatoms. The van der Waals surface area contributed by atoms with Crippen molar-refractivity contribution in [2.24, 2.45) is 4.99 Å². The second-order valence-electron chi connectivity index (χ2n) is 6.55. The molecule has 1 aromatic heterocycles. The second kappa shape index (κ2) is 11.5. The number of nitrogens with one attached hydrogen (secondary N) is 1. The number of hydrogen-bond donors (Lipinski definition) is 1. The molecule has 0 aliphatic carbocycles. The van der Waals surface area contributed by atoms with E-state index in [1.54, 1.807) is 18.4 Å². The van der Waals surface area contributed by atoms with Crippen LogP contribution in [0.2, 0.25) is 0 Å². The van der Waals surface area contributed by atoms with E-state index in [1.165, 1.54) is 6.42 Å². The van der Waals surface area contributed by atoms with Crippen LogP contribution in [0.1, 0.15) is 36.6 Å². The largest absolute Gasteiger partial charge is 0.379 e. The second-order valence-corrected chi connectivity index (χ2v) is 7.44. The molecule has 0 bridgehead atoms. The Morgan fingerprint density at radius 1 is 1.46 bits per heavy atom. The van der Waals surface area contributed by atoms with E-state index in [4.69, 9.17) is 9.47 Å². The van der Waals surface area contributed by atoms with Crippen molar-refractivity contribution in [1.82, 2.24) is 20.1 Å². The van der Waals surface area contributed by atoms with Gasteiger partial charge in [-0.15, -0.1) is 11.3 Å². The van der Waals surface area contributed by atoms with Crippen molar-refractivity contribution in [2.45, 2.75) is 32.4 Å². The van der Waals surface area contributed by atoms with Gasteiger partial charge in [0.2, 0.25) is 0 Å². The van der Waals surface area contributed by atoms with E-state index in [0.29, 0.717) is 0 Å². The summed E-state index contributed by atoms with van der Waals surface area (Å²) >= 11 is 1.64. The predicted octanol–water partition coefficient (Wildman–Crippen LogP) is 1.97. The Labute approximate surface area is 161 Å². The average Bonchev–Trinajstić information content (AvgIpc) is 3.13. The highest BCUT2D eigenvalue weighted by atomic mass is 32.1. The number of aliphatic imine (C=N–C) groups is 1. The molecular formula is C18H33N5O2S. The number of aromatic nitrogens is 1. The topological polar surface area (TPSA) is 62.2 Å². The van der Waals surface area contributed by atoms with Gasteiger partial charge in [0.1, 0.15) is 11.1 Å². The molecule has 1 unspecified atom stereocenters. The summed E-state index contributed by atoms with van der Waals surface area (Å²) in [7, 11) is 5.58. The van der Waals surface area contributed by atoms with Crippen LogP contribution in [0.5, 0.6) is 0 Å². The molecule has 1 aliphatic heterocycles. The number of rotatable bonds is 9. The zero-order valence-electron chi connectivity index (χ0n) is 16.5. The maximum Gasteiger partial charge on any atom is 0.193 e. The molecule has 0 spiro atoms. The molecule has 7 nitrogen and oxygen atoms in total. The van der Waals surface area contributed by atoms with E-state index in [0.717, 1.165) is 69.0 Å². The van der Waals surface area contributed by atoms with Crippen LogP contribution in [0.4, 0.5) is 0 Å². The molecule has 0 radical (unpaired) electrons. The lowest BCUT2D eigenvalue weighted by Gasteiger charge is -2.26. The highest BCUT2D eigenvalue weighted by Crippen LogP contribution is 2.20. The predicted molar refractivity (Wildman–Crippen MR) is 107 cm³/mol. The smallest absolute Gasteiger partial charge is 0.193 e. The third kappa shape index (κ3) is 6.83. The van der Waals surface area contributed by atoms with Crippen LogP contribution >= 0.6 is 11.3 Å². The van der Waals surface area contributed by atoms with Gasteiger partial charge in [0.15, 0.2) is 5.96 Å². The third-order valence-electron chi connectivity index (χ3n) is 4.53. The molecule has 1 aromatic rings. The number of morpholine rings is 1. The Hall–Kier alpha value is -1.22.